The fraction of sp³-hybridized carbons (Fsp3) is 0.625. The van der Waals surface area contributed by atoms with E-state index in [1.165, 1.54) is 37.7 Å². The fourth-order valence-corrected chi connectivity index (χ4v) is 3.10. The highest BCUT2D eigenvalue weighted by atomic mass is 19.3. The molecular formula is C16H20F2. The first-order valence-electron chi connectivity index (χ1n) is 7.16. The van der Waals surface area contributed by atoms with Crippen molar-refractivity contribution in [3.63, 3.8) is 0 Å². The van der Waals surface area contributed by atoms with E-state index in [-0.39, 0.29) is 5.56 Å². The lowest BCUT2D eigenvalue weighted by atomic mass is 9.83. The highest BCUT2D eigenvalue weighted by molar-refractivity contribution is 5.29. The van der Waals surface area contributed by atoms with Crippen molar-refractivity contribution in [2.24, 2.45) is 5.92 Å². The summed E-state index contributed by atoms with van der Waals surface area (Å²) in [6.45, 7) is 0. The van der Waals surface area contributed by atoms with Crippen LogP contribution in [0.15, 0.2) is 24.3 Å². The molecule has 3 rings (SSSR count). The molecule has 0 unspecified atom stereocenters. The van der Waals surface area contributed by atoms with Crippen molar-refractivity contribution in [3.05, 3.63) is 35.4 Å². The second kappa shape index (κ2) is 4.64. The van der Waals surface area contributed by atoms with Crippen molar-refractivity contribution >= 4 is 0 Å². The zero-order valence-corrected chi connectivity index (χ0v) is 10.7. The average Bonchev–Trinajstić information content (AvgIpc) is 3.25. The molecule has 0 amide bonds. The predicted molar refractivity (Wildman–Crippen MR) is 68.9 cm³/mol. The number of halogens is 2. The van der Waals surface area contributed by atoms with Gasteiger partial charge in [-0.25, -0.2) is 8.78 Å². The van der Waals surface area contributed by atoms with E-state index in [0.29, 0.717) is 18.8 Å². The Kier molecular flexibility index (Phi) is 3.13. The lowest BCUT2D eigenvalue weighted by Crippen LogP contribution is -2.16. The van der Waals surface area contributed by atoms with E-state index in [2.05, 4.69) is 0 Å². The first kappa shape index (κ1) is 12.1. The summed E-state index contributed by atoms with van der Waals surface area (Å²) in [4.78, 5) is 0. The van der Waals surface area contributed by atoms with E-state index in [9.17, 15) is 8.78 Å². The largest absolute Gasteiger partial charge is 0.276 e. The third-order valence-corrected chi connectivity index (χ3v) is 4.46. The van der Waals surface area contributed by atoms with Gasteiger partial charge in [0.05, 0.1) is 0 Å². The Morgan fingerprint density at radius 2 is 1.44 bits per heavy atom. The van der Waals surface area contributed by atoms with E-state index < -0.39 is 11.8 Å². The molecule has 0 N–H and O–H groups in total. The molecule has 1 aromatic carbocycles. The molecule has 0 bridgehead atoms. The highest BCUT2D eigenvalue weighted by Crippen LogP contribution is 2.49. The molecule has 0 aliphatic heterocycles. The van der Waals surface area contributed by atoms with Crippen molar-refractivity contribution in [2.45, 2.75) is 56.8 Å². The number of rotatable bonds is 3. The Bertz CT molecular complexity index is 398. The number of hydrogen-bond donors (Lipinski definition) is 0. The average molecular weight is 250 g/mol. The third-order valence-electron chi connectivity index (χ3n) is 4.46. The molecule has 0 radical (unpaired) electrons. The Balaban J connectivity index is 1.75. The number of alkyl halides is 2. The van der Waals surface area contributed by atoms with Crippen LogP contribution in [-0.2, 0) is 5.92 Å². The van der Waals surface area contributed by atoms with E-state index in [0.717, 1.165) is 0 Å². The molecule has 2 aliphatic rings. The van der Waals surface area contributed by atoms with Gasteiger partial charge in [0.25, 0.3) is 5.92 Å². The van der Waals surface area contributed by atoms with Crippen molar-refractivity contribution in [1.82, 2.24) is 0 Å². The van der Waals surface area contributed by atoms with Crippen LogP contribution < -0.4 is 0 Å². The maximum absolute atomic E-state index is 13.9. The molecule has 98 valence electrons. The monoisotopic (exact) mass is 250 g/mol. The summed E-state index contributed by atoms with van der Waals surface area (Å²) >= 11 is 0. The van der Waals surface area contributed by atoms with Gasteiger partial charge in [0.1, 0.15) is 0 Å². The molecule has 0 atom stereocenters. The highest BCUT2D eigenvalue weighted by Gasteiger charge is 2.47. The standard InChI is InChI=1S/C16H20F2/c17-16(18,15-10-11-15)14-8-6-13(7-9-14)12-4-2-1-3-5-12/h6-9,12,15H,1-5,10-11H2. The van der Waals surface area contributed by atoms with Gasteiger partial charge in [0.15, 0.2) is 0 Å². The first-order chi connectivity index (χ1) is 8.68. The molecule has 0 heterocycles. The van der Waals surface area contributed by atoms with E-state index in [4.69, 9.17) is 0 Å². The maximum Gasteiger partial charge on any atom is 0.276 e. The van der Waals surface area contributed by atoms with Crippen LogP contribution in [0.5, 0.6) is 0 Å². The molecule has 0 saturated heterocycles. The zero-order valence-electron chi connectivity index (χ0n) is 10.7. The minimum atomic E-state index is -2.61. The molecule has 2 saturated carbocycles. The second-order valence-corrected chi connectivity index (χ2v) is 5.85. The minimum absolute atomic E-state index is 0.213. The van der Waals surface area contributed by atoms with E-state index in [1.54, 1.807) is 12.1 Å². The van der Waals surface area contributed by atoms with Crippen LogP contribution in [0, 0.1) is 5.92 Å². The number of hydrogen-bond acceptors (Lipinski definition) is 0. The summed E-state index contributed by atoms with van der Waals surface area (Å²) in [5, 5.41) is 0. The summed E-state index contributed by atoms with van der Waals surface area (Å²) in [5.74, 6) is -2.41. The summed E-state index contributed by atoms with van der Waals surface area (Å²) in [7, 11) is 0. The Labute approximate surface area is 107 Å². The van der Waals surface area contributed by atoms with Gasteiger partial charge < -0.3 is 0 Å². The SMILES string of the molecule is FC(F)(c1ccc(C2CCCCC2)cc1)C1CC1. The summed E-state index contributed by atoms with van der Waals surface area (Å²) in [6, 6.07) is 7.17. The Morgan fingerprint density at radius 1 is 0.833 bits per heavy atom. The molecule has 0 spiro atoms. The second-order valence-electron chi connectivity index (χ2n) is 5.85. The molecular weight excluding hydrogens is 230 g/mol. The molecule has 2 aliphatic carbocycles. The molecule has 2 fully saturated rings. The topological polar surface area (TPSA) is 0 Å². The van der Waals surface area contributed by atoms with Gasteiger partial charge in [-0.15, -0.1) is 0 Å². The summed E-state index contributed by atoms with van der Waals surface area (Å²) < 4.78 is 27.8. The van der Waals surface area contributed by atoms with Crippen LogP contribution in [0.1, 0.15) is 62.0 Å². The van der Waals surface area contributed by atoms with Crippen molar-refractivity contribution in [2.75, 3.05) is 0 Å². The van der Waals surface area contributed by atoms with Gasteiger partial charge >= 0.3 is 0 Å². The van der Waals surface area contributed by atoms with E-state index >= 15 is 0 Å². The minimum Gasteiger partial charge on any atom is -0.201 e. The van der Waals surface area contributed by atoms with Gasteiger partial charge in [-0.05, 0) is 37.2 Å². The van der Waals surface area contributed by atoms with Crippen LogP contribution >= 0.6 is 0 Å². The molecule has 1 aromatic rings. The van der Waals surface area contributed by atoms with Crippen molar-refractivity contribution < 1.29 is 8.78 Å². The zero-order chi connectivity index (χ0) is 12.6. The maximum atomic E-state index is 13.9. The van der Waals surface area contributed by atoms with Crippen molar-refractivity contribution in [3.8, 4) is 0 Å². The molecule has 0 aromatic heterocycles. The smallest absolute Gasteiger partial charge is 0.201 e. The Hall–Kier alpha value is -0.920. The first-order valence-corrected chi connectivity index (χ1v) is 7.16. The van der Waals surface area contributed by atoms with Gasteiger partial charge in [-0.1, -0.05) is 43.5 Å². The lowest BCUT2D eigenvalue weighted by molar-refractivity contribution is -0.0285. The van der Waals surface area contributed by atoms with Crippen LogP contribution in [0.25, 0.3) is 0 Å². The van der Waals surface area contributed by atoms with Crippen LogP contribution in [-0.4, -0.2) is 0 Å². The fourth-order valence-electron chi connectivity index (χ4n) is 3.10. The molecule has 18 heavy (non-hydrogen) atoms. The van der Waals surface area contributed by atoms with Gasteiger partial charge in [-0.3, -0.25) is 0 Å². The van der Waals surface area contributed by atoms with E-state index in [1.807, 2.05) is 12.1 Å². The molecule has 0 nitrogen and oxygen atoms in total. The van der Waals surface area contributed by atoms with Crippen molar-refractivity contribution in [1.29, 1.82) is 0 Å². The quantitative estimate of drug-likeness (QED) is 0.688. The normalized spacial score (nSPS) is 22.1. The summed E-state index contributed by atoms with van der Waals surface area (Å²) in [6.07, 6.45) is 7.69. The summed E-state index contributed by atoms with van der Waals surface area (Å²) in [5.41, 5.74) is 1.47. The lowest BCUT2D eigenvalue weighted by Gasteiger charge is -2.23. The van der Waals surface area contributed by atoms with Gasteiger partial charge in [-0.2, -0.15) is 0 Å². The van der Waals surface area contributed by atoms with Crippen LogP contribution in [0.4, 0.5) is 8.78 Å². The van der Waals surface area contributed by atoms with Gasteiger partial charge in [0.2, 0.25) is 0 Å². The van der Waals surface area contributed by atoms with Gasteiger partial charge in [0, 0.05) is 11.5 Å². The Morgan fingerprint density at radius 3 is 2.00 bits per heavy atom. The molecule has 2 heteroatoms. The van der Waals surface area contributed by atoms with Crippen LogP contribution in [0.3, 0.4) is 0 Å². The van der Waals surface area contributed by atoms with Crippen LogP contribution in [0.2, 0.25) is 0 Å². The number of benzene rings is 1. The third kappa shape index (κ3) is 2.30. The predicted octanol–water partition coefficient (Wildman–Crippen LogP) is 5.24.